The van der Waals surface area contributed by atoms with E-state index in [9.17, 15) is 14.7 Å². The van der Waals surface area contributed by atoms with E-state index in [0.717, 1.165) is 0 Å². The van der Waals surface area contributed by atoms with Crippen LogP contribution in [0.4, 0.5) is 0 Å². The third kappa shape index (κ3) is 2.08. The number of carboxylic acids is 1. The summed E-state index contributed by atoms with van der Waals surface area (Å²) in [5.74, 6) is -1.42. The molecule has 0 bridgehead atoms. The number of hydrogen-bond donors (Lipinski definition) is 3. The zero-order valence-corrected chi connectivity index (χ0v) is 7.00. The Kier molecular flexibility index (Phi) is 2.36. The van der Waals surface area contributed by atoms with Crippen molar-refractivity contribution < 1.29 is 15.0 Å². The lowest BCUT2D eigenvalue weighted by atomic mass is 10.1. The smallest absolute Gasteiger partial charge is 0.308 e. The highest BCUT2D eigenvalue weighted by atomic mass is 16.4. The Morgan fingerprint density at radius 1 is 1.62 bits per heavy atom. The van der Waals surface area contributed by atoms with Crippen LogP contribution in [0.2, 0.25) is 0 Å². The molecule has 0 saturated carbocycles. The van der Waals surface area contributed by atoms with E-state index in [-0.39, 0.29) is 17.9 Å². The predicted molar refractivity (Wildman–Crippen MR) is 44.8 cm³/mol. The number of pyridine rings is 1. The van der Waals surface area contributed by atoms with Gasteiger partial charge in [-0.1, -0.05) is 0 Å². The van der Waals surface area contributed by atoms with E-state index in [0.29, 0.717) is 5.56 Å². The van der Waals surface area contributed by atoms with Gasteiger partial charge in [0.25, 0.3) is 5.56 Å². The Hall–Kier alpha value is -1.78. The van der Waals surface area contributed by atoms with Gasteiger partial charge in [0, 0.05) is 11.6 Å². The second-order valence-corrected chi connectivity index (χ2v) is 2.71. The molecule has 0 saturated heterocycles. The van der Waals surface area contributed by atoms with Crippen LogP contribution in [0.15, 0.2) is 10.9 Å². The predicted octanol–water partition coefficient (Wildman–Crippen LogP) is 0.0160. The van der Waals surface area contributed by atoms with Gasteiger partial charge in [-0.15, -0.1) is 0 Å². The van der Waals surface area contributed by atoms with Crippen LogP contribution < -0.4 is 5.56 Å². The summed E-state index contributed by atoms with van der Waals surface area (Å²) < 4.78 is 0. The number of rotatable bonds is 2. The number of carboxylic acid groups (broad SMARTS) is 1. The minimum atomic E-state index is -1.05. The van der Waals surface area contributed by atoms with Crippen molar-refractivity contribution in [2.45, 2.75) is 13.3 Å². The first-order valence-electron chi connectivity index (χ1n) is 3.64. The number of aromatic amines is 1. The summed E-state index contributed by atoms with van der Waals surface area (Å²) in [5.41, 5.74) is 0.278. The molecule has 5 nitrogen and oxygen atoms in total. The highest BCUT2D eigenvalue weighted by Gasteiger charge is 2.10. The maximum Gasteiger partial charge on any atom is 0.308 e. The monoisotopic (exact) mass is 183 g/mol. The summed E-state index contributed by atoms with van der Waals surface area (Å²) in [6.07, 6.45) is -0.297. The topological polar surface area (TPSA) is 90.4 Å². The van der Waals surface area contributed by atoms with Gasteiger partial charge in [0.2, 0.25) is 0 Å². The molecular weight excluding hydrogens is 174 g/mol. The molecule has 1 aromatic rings. The fourth-order valence-corrected chi connectivity index (χ4v) is 1.07. The number of aromatic hydroxyl groups is 1. The van der Waals surface area contributed by atoms with Crippen LogP contribution >= 0.6 is 0 Å². The highest BCUT2D eigenvalue weighted by molar-refractivity contribution is 5.71. The van der Waals surface area contributed by atoms with Crippen molar-refractivity contribution in [2.24, 2.45) is 0 Å². The van der Waals surface area contributed by atoms with Gasteiger partial charge in [-0.05, 0) is 12.5 Å². The first-order chi connectivity index (χ1) is 6.00. The van der Waals surface area contributed by atoms with E-state index in [4.69, 9.17) is 5.11 Å². The Balaban J connectivity index is 3.20. The molecular formula is C8H9NO4. The number of nitrogens with one attached hydrogen (secondary N) is 1. The summed E-state index contributed by atoms with van der Waals surface area (Å²) in [6.45, 7) is 1.58. The van der Waals surface area contributed by atoms with Gasteiger partial charge in [0.05, 0.1) is 6.42 Å². The summed E-state index contributed by atoms with van der Waals surface area (Å²) in [6, 6.07) is 1.25. The molecule has 0 spiro atoms. The molecule has 1 heterocycles. The number of hydrogen-bond acceptors (Lipinski definition) is 3. The van der Waals surface area contributed by atoms with Crippen molar-refractivity contribution in [3.05, 3.63) is 27.5 Å². The summed E-state index contributed by atoms with van der Waals surface area (Å²) in [7, 11) is 0. The maximum atomic E-state index is 10.8. The van der Waals surface area contributed by atoms with Crippen LogP contribution in [0, 0.1) is 6.92 Å². The van der Waals surface area contributed by atoms with Crippen LogP contribution in [-0.4, -0.2) is 21.2 Å². The van der Waals surface area contributed by atoms with Gasteiger partial charge in [0.1, 0.15) is 0 Å². The molecule has 0 aliphatic carbocycles. The quantitative estimate of drug-likeness (QED) is 0.602. The van der Waals surface area contributed by atoms with Crippen LogP contribution in [-0.2, 0) is 11.2 Å². The Morgan fingerprint density at radius 3 is 2.69 bits per heavy atom. The van der Waals surface area contributed by atoms with Gasteiger partial charge >= 0.3 is 5.97 Å². The molecule has 0 atom stereocenters. The molecule has 5 heteroatoms. The van der Waals surface area contributed by atoms with Gasteiger partial charge in [-0.25, -0.2) is 0 Å². The minimum absolute atomic E-state index is 0.243. The molecule has 13 heavy (non-hydrogen) atoms. The third-order valence-corrected chi connectivity index (χ3v) is 1.68. The van der Waals surface area contributed by atoms with Crippen LogP contribution in [0.5, 0.6) is 5.88 Å². The molecule has 0 amide bonds. The third-order valence-electron chi connectivity index (χ3n) is 1.68. The molecule has 0 unspecified atom stereocenters. The second-order valence-electron chi connectivity index (χ2n) is 2.71. The summed E-state index contributed by atoms with van der Waals surface area (Å²) >= 11 is 0. The minimum Gasteiger partial charge on any atom is -0.494 e. The molecule has 70 valence electrons. The van der Waals surface area contributed by atoms with E-state index in [1.807, 2.05) is 0 Å². The fourth-order valence-electron chi connectivity index (χ4n) is 1.07. The number of H-pyrrole nitrogens is 1. The van der Waals surface area contributed by atoms with Crippen molar-refractivity contribution in [3.8, 4) is 5.88 Å². The zero-order valence-electron chi connectivity index (χ0n) is 7.00. The van der Waals surface area contributed by atoms with Crippen molar-refractivity contribution in [3.63, 3.8) is 0 Å². The average Bonchev–Trinajstić information content (AvgIpc) is 1.96. The van der Waals surface area contributed by atoms with Crippen molar-refractivity contribution >= 4 is 5.97 Å². The van der Waals surface area contributed by atoms with E-state index in [2.05, 4.69) is 4.98 Å². The second kappa shape index (κ2) is 3.30. The standard InChI is InChI=1S/C8H9NO4/c1-4-2-6(10)9-8(13)5(4)3-7(11)12/h2H,3H2,1H3,(H,11,12)(H2,9,10,13). The molecule has 1 rings (SSSR count). The Labute approximate surface area is 73.7 Å². The molecule has 0 aliphatic heterocycles. The van der Waals surface area contributed by atoms with E-state index in [1.54, 1.807) is 6.92 Å². The number of aryl methyl sites for hydroxylation is 1. The van der Waals surface area contributed by atoms with Gasteiger partial charge < -0.3 is 10.2 Å². The van der Waals surface area contributed by atoms with Gasteiger partial charge in [0.15, 0.2) is 5.88 Å². The average molecular weight is 183 g/mol. The lowest BCUT2D eigenvalue weighted by Crippen LogP contribution is -2.10. The Morgan fingerprint density at radius 2 is 2.23 bits per heavy atom. The fraction of sp³-hybridized carbons (Fsp3) is 0.250. The van der Waals surface area contributed by atoms with Crippen molar-refractivity contribution in [2.75, 3.05) is 0 Å². The van der Waals surface area contributed by atoms with E-state index < -0.39 is 11.5 Å². The molecule has 3 N–H and O–H groups in total. The Bertz CT molecular complexity index is 367. The highest BCUT2D eigenvalue weighted by Crippen LogP contribution is 2.15. The van der Waals surface area contributed by atoms with Crippen molar-refractivity contribution in [1.29, 1.82) is 0 Å². The molecule has 0 aromatic carbocycles. The summed E-state index contributed by atoms with van der Waals surface area (Å²) in [5, 5.41) is 17.7. The maximum absolute atomic E-state index is 10.8. The zero-order chi connectivity index (χ0) is 10.0. The number of carbonyl (C=O) groups is 1. The summed E-state index contributed by atoms with van der Waals surface area (Å²) in [4.78, 5) is 23.3. The molecule has 0 aliphatic rings. The van der Waals surface area contributed by atoms with Gasteiger partial charge in [-0.3, -0.25) is 14.6 Å². The first-order valence-corrected chi connectivity index (χ1v) is 3.64. The lowest BCUT2D eigenvalue weighted by Gasteiger charge is -2.03. The molecule has 1 aromatic heterocycles. The van der Waals surface area contributed by atoms with E-state index >= 15 is 0 Å². The largest absolute Gasteiger partial charge is 0.494 e. The van der Waals surface area contributed by atoms with Crippen LogP contribution in [0.25, 0.3) is 0 Å². The number of aromatic nitrogens is 1. The molecule has 0 radical (unpaired) electrons. The SMILES string of the molecule is Cc1cc(=O)[nH]c(O)c1CC(=O)O. The van der Waals surface area contributed by atoms with Crippen LogP contribution in [0.3, 0.4) is 0 Å². The van der Waals surface area contributed by atoms with E-state index in [1.165, 1.54) is 6.07 Å². The van der Waals surface area contributed by atoms with Gasteiger partial charge in [-0.2, -0.15) is 0 Å². The lowest BCUT2D eigenvalue weighted by molar-refractivity contribution is -0.136. The van der Waals surface area contributed by atoms with Crippen LogP contribution in [0.1, 0.15) is 11.1 Å². The molecule has 0 fully saturated rings. The normalized spacial score (nSPS) is 9.92. The van der Waals surface area contributed by atoms with Crippen molar-refractivity contribution in [1.82, 2.24) is 4.98 Å². The number of aliphatic carboxylic acids is 1. The first kappa shape index (κ1) is 9.31.